The smallest absolute Gasteiger partial charge is 0.190 e. The number of halogens is 2. The highest BCUT2D eigenvalue weighted by atomic mass is 35.5. The quantitative estimate of drug-likeness (QED) is 0.601. The fourth-order valence-corrected chi connectivity index (χ4v) is 1.91. The van der Waals surface area contributed by atoms with Crippen molar-refractivity contribution in [3.63, 3.8) is 0 Å². The second-order valence-corrected chi connectivity index (χ2v) is 5.86. The number of carbonyl (C=O) groups excluding carboxylic acids is 2. The highest BCUT2D eigenvalue weighted by Crippen LogP contribution is 2.23. The number of aromatic amines is 2. The van der Waals surface area contributed by atoms with Crippen LogP contribution in [0.2, 0.25) is 0 Å². The molecule has 0 saturated carbocycles. The number of carbonyl (C=O) groups is 2. The maximum absolute atomic E-state index is 10.7. The molecule has 0 aliphatic heterocycles. The van der Waals surface area contributed by atoms with Crippen molar-refractivity contribution in [2.75, 3.05) is 0 Å². The number of allylic oxidation sites excluding steroid dienone is 2. The van der Waals surface area contributed by atoms with Crippen LogP contribution in [0, 0.1) is 13.8 Å². The van der Waals surface area contributed by atoms with Gasteiger partial charge in [0.2, 0.25) is 0 Å². The Bertz CT molecular complexity index is 735. The van der Waals surface area contributed by atoms with Crippen molar-refractivity contribution in [3.8, 4) is 0 Å². The normalized spacial score (nSPS) is 13.5. The summed E-state index contributed by atoms with van der Waals surface area (Å²) in [6, 6.07) is 8.07. The maximum atomic E-state index is 10.7. The molecule has 3 rings (SSSR count). The molecule has 0 fully saturated rings. The lowest BCUT2D eigenvalue weighted by Gasteiger charge is -2.23. The van der Waals surface area contributed by atoms with Gasteiger partial charge in [-0.1, -0.05) is 23.2 Å². The van der Waals surface area contributed by atoms with Crippen LogP contribution in [0.5, 0.6) is 0 Å². The minimum absolute atomic E-state index is 0.894. The lowest BCUT2D eigenvalue weighted by atomic mass is 10.1. The van der Waals surface area contributed by atoms with Crippen molar-refractivity contribution in [2.45, 2.75) is 13.8 Å². The van der Waals surface area contributed by atoms with E-state index in [0.29, 0.717) is 0 Å². The number of hydrogen-bond donors (Lipinski definition) is 0. The molecular weight excluding hydrogens is 379 g/mol. The van der Waals surface area contributed by atoms with E-state index in [1.54, 1.807) is 0 Å². The zero-order valence-corrected chi connectivity index (χ0v) is 15.5. The van der Waals surface area contributed by atoms with Crippen molar-refractivity contribution in [1.82, 2.24) is 0 Å². The number of aromatic nitrogens is 2. The summed E-state index contributed by atoms with van der Waals surface area (Å²) in [5.41, 5.74) is 2.53. The van der Waals surface area contributed by atoms with Crippen LogP contribution in [-0.2, 0) is 9.59 Å². The van der Waals surface area contributed by atoms with E-state index in [-0.39, 0.29) is 0 Å². The largest absolute Gasteiger partial charge is 0.869 e. The Kier molecular flexibility index (Phi) is 8.48. The lowest BCUT2D eigenvalue weighted by Crippen LogP contribution is -2.31. The van der Waals surface area contributed by atoms with Crippen LogP contribution in [0.4, 0.5) is 0 Å². The van der Waals surface area contributed by atoms with Crippen molar-refractivity contribution < 1.29 is 29.8 Å². The number of hydrogen-bond acceptors (Lipinski definition) is 4. The SMILES string of the molecule is Cc1ccc[nH+]c1.Cc1ccc[nH+]c1.O=C1C([O-])=C(Cl)C(=O)C([O-])=C1Cl. The number of H-pyrrole nitrogens is 2. The molecule has 1 aliphatic carbocycles. The van der Waals surface area contributed by atoms with E-state index < -0.39 is 33.1 Å². The molecule has 0 atom stereocenters. The topological polar surface area (TPSA) is 109 Å². The van der Waals surface area contributed by atoms with E-state index in [4.69, 9.17) is 23.2 Å². The molecule has 0 radical (unpaired) electrons. The van der Waals surface area contributed by atoms with Crippen molar-refractivity contribution in [2.24, 2.45) is 0 Å². The molecule has 0 saturated heterocycles. The van der Waals surface area contributed by atoms with Gasteiger partial charge in [0.15, 0.2) is 36.4 Å². The van der Waals surface area contributed by atoms with E-state index in [0.717, 1.165) is 0 Å². The summed E-state index contributed by atoms with van der Waals surface area (Å²) < 4.78 is 0. The van der Waals surface area contributed by atoms with Crippen molar-refractivity contribution >= 4 is 34.8 Å². The first kappa shape index (κ1) is 21.3. The molecule has 0 aromatic carbocycles. The fraction of sp³-hybridized carbons (Fsp3) is 0.111. The summed E-state index contributed by atoms with van der Waals surface area (Å²) in [4.78, 5) is 27.3. The van der Waals surface area contributed by atoms with Gasteiger partial charge < -0.3 is 10.2 Å². The number of pyridine rings is 2. The minimum atomic E-state index is -1.23. The highest BCUT2D eigenvalue weighted by Gasteiger charge is 2.22. The molecule has 0 spiro atoms. The average Bonchev–Trinajstić information content (AvgIpc) is 2.65. The third-order valence-corrected chi connectivity index (χ3v) is 3.62. The predicted octanol–water partition coefficient (Wildman–Crippen LogP) is 0.378. The monoisotopic (exact) mass is 394 g/mol. The predicted molar refractivity (Wildman–Crippen MR) is 91.2 cm³/mol. The zero-order valence-electron chi connectivity index (χ0n) is 14.0. The molecule has 8 heteroatoms. The molecule has 0 bridgehead atoms. The van der Waals surface area contributed by atoms with Gasteiger partial charge in [0.25, 0.3) is 0 Å². The Morgan fingerprint density at radius 1 is 0.769 bits per heavy atom. The lowest BCUT2D eigenvalue weighted by molar-refractivity contribution is -0.378. The van der Waals surface area contributed by atoms with Gasteiger partial charge in [0.05, 0.1) is 10.1 Å². The van der Waals surface area contributed by atoms with Gasteiger partial charge in [-0.3, -0.25) is 9.59 Å². The van der Waals surface area contributed by atoms with Crippen LogP contribution in [0.15, 0.2) is 70.6 Å². The molecule has 6 nitrogen and oxygen atoms in total. The molecule has 136 valence electrons. The Hall–Kier alpha value is -2.70. The summed E-state index contributed by atoms with van der Waals surface area (Å²) >= 11 is 10.2. The summed E-state index contributed by atoms with van der Waals surface area (Å²) in [5, 5.41) is 19.6. The number of rotatable bonds is 0. The summed E-state index contributed by atoms with van der Waals surface area (Å²) in [5.74, 6) is -4.92. The number of aryl methyl sites for hydroxylation is 2. The van der Waals surface area contributed by atoms with E-state index in [1.165, 1.54) is 11.1 Å². The molecular formula is C18H16Cl2N2O4. The Balaban J connectivity index is 0.000000207. The first-order chi connectivity index (χ1) is 12.3. The maximum Gasteiger partial charge on any atom is 0.190 e. The standard InChI is InChI=1S/C6H2Cl2O4.2C6H7N/c7-1-3(9)5(11)2(8)6(12)4(1)10;2*1-6-3-2-4-7-5-6/h9,12H;2*2-5H,1H3. The van der Waals surface area contributed by atoms with E-state index in [1.807, 2.05) is 36.9 Å². The molecule has 26 heavy (non-hydrogen) atoms. The number of Topliss-reactive ketones (excluding diaryl/α,β-unsaturated/α-hetero) is 2. The van der Waals surface area contributed by atoms with Gasteiger partial charge in [0.1, 0.15) is 0 Å². The van der Waals surface area contributed by atoms with Gasteiger partial charge in [-0.05, 0) is 37.5 Å². The molecule has 1 aliphatic rings. The van der Waals surface area contributed by atoms with Crippen LogP contribution in [0.25, 0.3) is 0 Å². The van der Waals surface area contributed by atoms with E-state index in [2.05, 4.69) is 35.9 Å². The molecule has 2 heterocycles. The Labute approximate surface area is 160 Å². The van der Waals surface area contributed by atoms with E-state index >= 15 is 0 Å². The Morgan fingerprint density at radius 3 is 1.31 bits per heavy atom. The zero-order chi connectivity index (χ0) is 19.7. The van der Waals surface area contributed by atoms with Crippen LogP contribution in [0.3, 0.4) is 0 Å². The van der Waals surface area contributed by atoms with Crippen LogP contribution >= 0.6 is 23.2 Å². The van der Waals surface area contributed by atoms with Gasteiger partial charge in [-0.25, -0.2) is 9.97 Å². The third kappa shape index (κ3) is 6.31. The molecule has 0 amide bonds. The first-order valence-corrected chi connectivity index (χ1v) is 8.09. The van der Waals surface area contributed by atoms with Crippen LogP contribution in [0.1, 0.15) is 11.1 Å². The van der Waals surface area contributed by atoms with Crippen molar-refractivity contribution in [3.05, 3.63) is 81.8 Å². The summed E-state index contributed by atoms with van der Waals surface area (Å²) in [7, 11) is 0. The van der Waals surface area contributed by atoms with Gasteiger partial charge in [-0.2, -0.15) is 0 Å². The van der Waals surface area contributed by atoms with Gasteiger partial charge in [0, 0.05) is 23.3 Å². The molecule has 2 aromatic heterocycles. The third-order valence-electron chi connectivity index (χ3n) is 2.94. The molecule has 0 unspecified atom stereocenters. The summed E-state index contributed by atoms with van der Waals surface area (Å²) in [6.07, 6.45) is 7.71. The second kappa shape index (κ2) is 10.3. The second-order valence-electron chi connectivity index (χ2n) is 5.11. The number of ketones is 2. The average molecular weight is 395 g/mol. The molecule has 2 aromatic rings. The van der Waals surface area contributed by atoms with E-state index in [9.17, 15) is 19.8 Å². The first-order valence-electron chi connectivity index (χ1n) is 7.34. The Morgan fingerprint density at radius 2 is 1.12 bits per heavy atom. The minimum Gasteiger partial charge on any atom is -0.869 e. The number of nitrogens with one attached hydrogen (secondary N) is 2. The van der Waals surface area contributed by atoms with Gasteiger partial charge >= 0.3 is 0 Å². The van der Waals surface area contributed by atoms with Crippen LogP contribution in [-0.4, -0.2) is 11.6 Å². The highest BCUT2D eigenvalue weighted by molar-refractivity contribution is 6.55. The van der Waals surface area contributed by atoms with Crippen LogP contribution < -0.4 is 20.2 Å². The fourth-order valence-electron chi connectivity index (χ4n) is 1.57. The summed E-state index contributed by atoms with van der Waals surface area (Å²) in [6.45, 7) is 4.10. The van der Waals surface area contributed by atoms with Crippen molar-refractivity contribution in [1.29, 1.82) is 0 Å². The molecule has 2 N–H and O–H groups in total. The van der Waals surface area contributed by atoms with Gasteiger partial charge in [-0.15, -0.1) is 0 Å².